The highest BCUT2D eigenvalue weighted by Gasteiger charge is 2.45. The first-order valence-corrected chi connectivity index (χ1v) is 5.25. The van der Waals surface area contributed by atoms with E-state index in [1.807, 2.05) is 0 Å². The summed E-state index contributed by atoms with van der Waals surface area (Å²) in [5.74, 6) is 0. The molecule has 1 saturated heterocycles. The van der Waals surface area contributed by atoms with Crippen LogP contribution in [0.5, 0.6) is 0 Å². The maximum absolute atomic E-state index is 11.9. The van der Waals surface area contributed by atoms with E-state index in [1.165, 1.54) is 0 Å². The number of epoxide rings is 1. The van der Waals surface area contributed by atoms with Crippen LogP contribution < -0.4 is 0 Å². The summed E-state index contributed by atoms with van der Waals surface area (Å²) in [5.41, 5.74) is 0. The van der Waals surface area contributed by atoms with Crippen LogP contribution in [0, 0.1) is 0 Å². The van der Waals surface area contributed by atoms with Crippen molar-refractivity contribution < 1.29 is 17.9 Å². The van der Waals surface area contributed by atoms with E-state index in [-0.39, 0.29) is 6.10 Å². The maximum Gasteiger partial charge on any atom is 0.391 e. The molecule has 2 atom stereocenters. The van der Waals surface area contributed by atoms with Gasteiger partial charge in [-0.3, -0.25) is 0 Å². The predicted octanol–water partition coefficient (Wildman–Crippen LogP) is 3.68. The molecule has 0 saturated carbocycles. The number of ether oxygens (including phenoxy) is 1. The molecule has 1 nitrogen and oxygen atoms in total. The highest BCUT2D eigenvalue weighted by molar-refractivity contribution is 4.86. The van der Waals surface area contributed by atoms with Gasteiger partial charge in [0.05, 0.1) is 18.6 Å². The van der Waals surface area contributed by atoms with Gasteiger partial charge in [-0.05, 0) is 6.42 Å². The van der Waals surface area contributed by atoms with Crippen LogP contribution in [0.4, 0.5) is 13.2 Å². The Hall–Kier alpha value is -0.250. The third-order valence-corrected chi connectivity index (χ3v) is 2.46. The van der Waals surface area contributed by atoms with Crippen LogP contribution in [-0.2, 0) is 4.74 Å². The van der Waals surface area contributed by atoms with Gasteiger partial charge in [0, 0.05) is 0 Å². The molecule has 0 N–H and O–H groups in total. The Labute approximate surface area is 82.6 Å². The van der Waals surface area contributed by atoms with Crippen LogP contribution in [0.15, 0.2) is 0 Å². The number of halogens is 3. The first kappa shape index (κ1) is 11.8. The number of alkyl halides is 3. The fraction of sp³-hybridized carbons (Fsp3) is 1.00. The van der Waals surface area contributed by atoms with Crippen LogP contribution in [0.1, 0.15) is 45.4 Å². The van der Waals surface area contributed by atoms with Gasteiger partial charge in [-0.1, -0.05) is 32.6 Å². The topological polar surface area (TPSA) is 12.5 Å². The maximum atomic E-state index is 11.9. The van der Waals surface area contributed by atoms with Gasteiger partial charge in [-0.25, -0.2) is 0 Å². The third-order valence-electron chi connectivity index (χ3n) is 2.46. The molecule has 0 spiro atoms. The summed E-state index contributed by atoms with van der Waals surface area (Å²) >= 11 is 0. The molecule has 2 unspecified atom stereocenters. The van der Waals surface area contributed by atoms with Crippen molar-refractivity contribution in [3.63, 3.8) is 0 Å². The van der Waals surface area contributed by atoms with Crippen molar-refractivity contribution in [3.8, 4) is 0 Å². The lowest BCUT2D eigenvalue weighted by molar-refractivity contribution is -0.137. The van der Waals surface area contributed by atoms with Crippen molar-refractivity contribution in [2.75, 3.05) is 0 Å². The van der Waals surface area contributed by atoms with Gasteiger partial charge in [0.15, 0.2) is 0 Å². The molecule has 14 heavy (non-hydrogen) atoms. The molecule has 0 aliphatic carbocycles. The van der Waals surface area contributed by atoms with Crippen molar-refractivity contribution in [1.82, 2.24) is 0 Å². The normalized spacial score (nSPS) is 26.6. The summed E-state index contributed by atoms with van der Waals surface area (Å²) in [6.45, 7) is 2.11. The molecule has 0 radical (unpaired) electrons. The molecule has 0 aromatic carbocycles. The minimum atomic E-state index is -4.07. The summed E-state index contributed by atoms with van der Waals surface area (Å²) in [5, 5.41) is 0. The molecule has 1 aliphatic rings. The molecule has 0 amide bonds. The summed E-state index contributed by atoms with van der Waals surface area (Å²) in [6, 6.07) is 0. The Bertz CT molecular complexity index is 167. The molecule has 1 rings (SSSR count). The quantitative estimate of drug-likeness (QED) is 0.481. The Morgan fingerprint density at radius 2 is 1.79 bits per heavy atom. The molecule has 84 valence electrons. The van der Waals surface area contributed by atoms with Crippen molar-refractivity contribution in [2.45, 2.75) is 63.8 Å². The monoisotopic (exact) mass is 210 g/mol. The molecule has 0 aromatic heterocycles. The summed E-state index contributed by atoms with van der Waals surface area (Å²) < 4.78 is 40.6. The molecular weight excluding hydrogens is 193 g/mol. The van der Waals surface area contributed by atoms with Crippen molar-refractivity contribution in [3.05, 3.63) is 0 Å². The van der Waals surface area contributed by atoms with Gasteiger partial charge < -0.3 is 4.74 Å². The van der Waals surface area contributed by atoms with Crippen molar-refractivity contribution >= 4 is 0 Å². The van der Waals surface area contributed by atoms with Crippen LogP contribution in [0.2, 0.25) is 0 Å². The minimum absolute atomic E-state index is 0.117. The lowest BCUT2D eigenvalue weighted by Crippen LogP contribution is -2.12. The second-order valence-electron chi connectivity index (χ2n) is 3.88. The smallest absolute Gasteiger partial charge is 0.369 e. The number of hydrogen-bond acceptors (Lipinski definition) is 1. The van der Waals surface area contributed by atoms with Crippen LogP contribution in [0.3, 0.4) is 0 Å². The highest BCUT2D eigenvalue weighted by Crippen LogP contribution is 2.36. The average Bonchev–Trinajstić information content (AvgIpc) is 2.74. The molecule has 1 aliphatic heterocycles. The predicted molar refractivity (Wildman–Crippen MR) is 48.1 cm³/mol. The van der Waals surface area contributed by atoms with E-state index in [0.29, 0.717) is 0 Å². The van der Waals surface area contributed by atoms with Gasteiger partial charge in [-0.15, -0.1) is 0 Å². The lowest BCUT2D eigenvalue weighted by atomic mass is 10.1. The van der Waals surface area contributed by atoms with E-state index in [9.17, 15) is 13.2 Å². The first-order valence-electron chi connectivity index (χ1n) is 5.25. The fourth-order valence-electron chi connectivity index (χ4n) is 1.61. The van der Waals surface area contributed by atoms with Crippen LogP contribution in [0.25, 0.3) is 0 Å². The summed E-state index contributed by atoms with van der Waals surface area (Å²) in [6.07, 6.45) is -0.296. The van der Waals surface area contributed by atoms with Gasteiger partial charge >= 0.3 is 6.18 Å². The van der Waals surface area contributed by atoms with Gasteiger partial charge in [0.25, 0.3) is 0 Å². The van der Waals surface area contributed by atoms with Gasteiger partial charge in [0.1, 0.15) is 0 Å². The van der Waals surface area contributed by atoms with Crippen LogP contribution in [-0.4, -0.2) is 18.4 Å². The Morgan fingerprint density at radius 3 is 2.36 bits per heavy atom. The van der Waals surface area contributed by atoms with Crippen molar-refractivity contribution in [2.24, 2.45) is 0 Å². The van der Waals surface area contributed by atoms with E-state index >= 15 is 0 Å². The first-order chi connectivity index (χ1) is 6.53. The molecule has 4 heteroatoms. The van der Waals surface area contributed by atoms with Gasteiger partial charge in [0.2, 0.25) is 0 Å². The zero-order valence-corrected chi connectivity index (χ0v) is 8.44. The van der Waals surface area contributed by atoms with E-state index in [0.717, 1.165) is 32.1 Å². The Morgan fingerprint density at radius 1 is 1.07 bits per heavy atom. The molecule has 0 aromatic rings. The van der Waals surface area contributed by atoms with E-state index in [1.54, 1.807) is 0 Å². The highest BCUT2D eigenvalue weighted by atomic mass is 19.4. The molecule has 0 bridgehead atoms. The Kier molecular flexibility index (Phi) is 4.23. The fourth-order valence-corrected chi connectivity index (χ4v) is 1.61. The third kappa shape index (κ3) is 4.84. The SMILES string of the molecule is CCCCCCC1OC1CC(F)(F)F. The Balaban J connectivity index is 1.98. The largest absolute Gasteiger partial charge is 0.391 e. The average molecular weight is 210 g/mol. The van der Waals surface area contributed by atoms with E-state index in [4.69, 9.17) is 4.74 Å². The lowest BCUT2D eigenvalue weighted by Gasteiger charge is -2.01. The van der Waals surface area contributed by atoms with Gasteiger partial charge in [-0.2, -0.15) is 13.2 Å². The molecule has 1 fully saturated rings. The van der Waals surface area contributed by atoms with Crippen molar-refractivity contribution in [1.29, 1.82) is 0 Å². The molecule has 1 heterocycles. The standard InChI is InChI=1S/C10H17F3O/c1-2-3-4-5-6-8-9(14-8)7-10(11,12)13/h8-9H,2-7H2,1H3. The molecular formula is C10H17F3O. The minimum Gasteiger partial charge on any atom is -0.369 e. The number of unbranched alkanes of at least 4 members (excludes halogenated alkanes) is 3. The van der Waals surface area contributed by atoms with Crippen LogP contribution >= 0.6 is 0 Å². The van der Waals surface area contributed by atoms with E-state index in [2.05, 4.69) is 6.92 Å². The van der Waals surface area contributed by atoms with E-state index < -0.39 is 18.7 Å². The second-order valence-corrected chi connectivity index (χ2v) is 3.88. The number of rotatable bonds is 6. The second kappa shape index (κ2) is 5.01. The summed E-state index contributed by atoms with van der Waals surface area (Å²) in [7, 11) is 0. The zero-order chi connectivity index (χ0) is 10.6. The number of hydrogen-bond donors (Lipinski definition) is 0. The zero-order valence-electron chi connectivity index (χ0n) is 8.44. The summed E-state index contributed by atoms with van der Waals surface area (Å²) in [4.78, 5) is 0.